The van der Waals surface area contributed by atoms with E-state index < -0.39 is 0 Å². The molecule has 0 radical (unpaired) electrons. The van der Waals surface area contributed by atoms with Gasteiger partial charge in [-0.3, -0.25) is 14.3 Å². The van der Waals surface area contributed by atoms with Gasteiger partial charge in [-0.25, -0.2) is 0 Å². The molecule has 6 nitrogen and oxygen atoms in total. The highest BCUT2D eigenvalue weighted by Crippen LogP contribution is 2.03. The number of likely N-dealkylation sites (N-methyl/N-ethyl adjacent to an activating group) is 1. The van der Waals surface area contributed by atoms with Gasteiger partial charge in [0, 0.05) is 32.3 Å². The van der Waals surface area contributed by atoms with E-state index in [1.54, 1.807) is 17.9 Å². The average Bonchev–Trinajstić information content (AvgIpc) is 2.69. The van der Waals surface area contributed by atoms with Crippen LogP contribution in [0.25, 0.3) is 0 Å². The van der Waals surface area contributed by atoms with Crippen LogP contribution in [0.4, 0.5) is 0 Å². The van der Waals surface area contributed by atoms with Crippen LogP contribution in [0.5, 0.6) is 0 Å². The highest BCUT2D eigenvalue weighted by Gasteiger charge is 2.17. The Balaban J connectivity index is 2.37. The number of rotatable bonds is 5. The van der Waals surface area contributed by atoms with Crippen molar-refractivity contribution in [1.29, 1.82) is 0 Å². The fraction of sp³-hybridized carbons (Fsp3) is 0.643. The van der Waals surface area contributed by atoms with Crippen LogP contribution in [-0.4, -0.2) is 45.6 Å². The number of hydrogen-bond donors (Lipinski definition) is 1. The number of aryl methyl sites for hydroxylation is 2. The molecule has 0 spiro atoms. The average molecular weight is 280 g/mol. The molecule has 112 valence electrons. The summed E-state index contributed by atoms with van der Waals surface area (Å²) in [5.74, 6) is -0.187. The quantitative estimate of drug-likeness (QED) is 0.864. The molecule has 0 unspecified atom stereocenters. The molecule has 0 fully saturated rings. The van der Waals surface area contributed by atoms with Crippen LogP contribution in [0, 0.1) is 0 Å². The fourth-order valence-electron chi connectivity index (χ4n) is 1.80. The zero-order valence-corrected chi connectivity index (χ0v) is 12.9. The van der Waals surface area contributed by atoms with Crippen molar-refractivity contribution in [2.24, 2.45) is 7.05 Å². The van der Waals surface area contributed by atoms with Gasteiger partial charge >= 0.3 is 0 Å². The third-order valence-corrected chi connectivity index (χ3v) is 2.71. The van der Waals surface area contributed by atoms with E-state index in [0.717, 1.165) is 5.56 Å². The molecule has 0 saturated heterocycles. The standard InChI is InChI=1S/C14H24N4O2/c1-14(2,3)16-12(19)10-17(4)13(20)7-6-11-8-15-18(5)9-11/h8-9H,6-7,10H2,1-5H3,(H,16,19). The highest BCUT2D eigenvalue weighted by atomic mass is 16.2. The number of nitrogens with one attached hydrogen (secondary N) is 1. The van der Waals surface area contributed by atoms with E-state index in [-0.39, 0.29) is 23.9 Å². The molecular weight excluding hydrogens is 256 g/mol. The van der Waals surface area contributed by atoms with E-state index >= 15 is 0 Å². The van der Waals surface area contributed by atoms with Gasteiger partial charge in [0.25, 0.3) is 0 Å². The summed E-state index contributed by atoms with van der Waals surface area (Å²) in [7, 11) is 3.49. The minimum absolute atomic E-state index is 0.0436. The second-order valence-electron chi connectivity index (χ2n) is 6.07. The van der Waals surface area contributed by atoms with Crippen LogP contribution in [0.2, 0.25) is 0 Å². The Hall–Kier alpha value is -1.85. The van der Waals surface area contributed by atoms with Gasteiger partial charge in [0.05, 0.1) is 12.7 Å². The van der Waals surface area contributed by atoms with Crippen LogP contribution >= 0.6 is 0 Å². The molecule has 1 aromatic rings. The van der Waals surface area contributed by atoms with E-state index in [0.29, 0.717) is 12.8 Å². The van der Waals surface area contributed by atoms with Gasteiger partial charge in [-0.15, -0.1) is 0 Å². The van der Waals surface area contributed by atoms with E-state index in [9.17, 15) is 9.59 Å². The molecule has 0 aliphatic heterocycles. The fourth-order valence-corrected chi connectivity index (χ4v) is 1.80. The Labute approximate surface area is 120 Å². The molecule has 20 heavy (non-hydrogen) atoms. The summed E-state index contributed by atoms with van der Waals surface area (Å²) in [6, 6.07) is 0. The number of amides is 2. The lowest BCUT2D eigenvalue weighted by Crippen LogP contribution is -2.46. The molecule has 1 heterocycles. The lowest BCUT2D eigenvalue weighted by atomic mass is 10.1. The lowest BCUT2D eigenvalue weighted by Gasteiger charge is -2.23. The molecule has 0 atom stereocenters. The second kappa shape index (κ2) is 6.54. The Morgan fingerprint density at radius 1 is 1.40 bits per heavy atom. The molecule has 1 rings (SSSR count). The molecule has 1 N–H and O–H groups in total. The summed E-state index contributed by atoms with van der Waals surface area (Å²) in [5.41, 5.74) is 0.741. The van der Waals surface area contributed by atoms with E-state index in [1.165, 1.54) is 4.90 Å². The number of aromatic nitrogens is 2. The molecule has 0 saturated carbocycles. The van der Waals surface area contributed by atoms with Crippen molar-refractivity contribution < 1.29 is 9.59 Å². The Morgan fingerprint density at radius 3 is 2.55 bits per heavy atom. The molecule has 1 aromatic heterocycles. The van der Waals surface area contributed by atoms with E-state index in [1.807, 2.05) is 34.0 Å². The first kappa shape index (κ1) is 16.2. The Bertz CT molecular complexity index is 474. The second-order valence-corrected chi connectivity index (χ2v) is 6.07. The van der Waals surface area contributed by atoms with Crippen LogP contribution < -0.4 is 5.32 Å². The largest absolute Gasteiger partial charge is 0.350 e. The molecule has 0 aromatic carbocycles. The Kier molecular flexibility index (Phi) is 5.30. The van der Waals surface area contributed by atoms with Crippen LogP contribution in [0.3, 0.4) is 0 Å². The van der Waals surface area contributed by atoms with Crippen molar-refractivity contribution in [3.05, 3.63) is 18.0 Å². The topological polar surface area (TPSA) is 67.2 Å². The zero-order valence-electron chi connectivity index (χ0n) is 12.9. The summed E-state index contributed by atoms with van der Waals surface area (Å²) in [6.07, 6.45) is 4.65. The first-order chi connectivity index (χ1) is 9.17. The molecule has 0 aliphatic carbocycles. The highest BCUT2D eigenvalue weighted by molar-refractivity contribution is 5.85. The third-order valence-electron chi connectivity index (χ3n) is 2.71. The first-order valence-corrected chi connectivity index (χ1v) is 6.70. The molecule has 2 amide bonds. The molecule has 0 aliphatic rings. The van der Waals surface area contributed by atoms with Gasteiger partial charge in [0.1, 0.15) is 0 Å². The summed E-state index contributed by atoms with van der Waals surface area (Å²) in [6.45, 7) is 5.82. The van der Waals surface area contributed by atoms with Gasteiger partial charge in [-0.1, -0.05) is 0 Å². The van der Waals surface area contributed by atoms with Gasteiger partial charge in [-0.05, 0) is 32.8 Å². The number of hydrogen-bond acceptors (Lipinski definition) is 3. The number of carbonyl (C=O) groups is 2. The predicted octanol–water partition coefficient (Wildman–Crippen LogP) is 0.726. The molecule has 0 bridgehead atoms. The first-order valence-electron chi connectivity index (χ1n) is 6.70. The summed E-state index contributed by atoms with van der Waals surface area (Å²) < 4.78 is 1.71. The van der Waals surface area contributed by atoms with E-state index in [4.69, 9.17) is 0 Å². The van der Waals surface area contributed by atoms with Gasteiger partial charge in [0.2, 0.25) is 11.8 Å². The minimum atomic E-state index is -0.281. The van der Waals surface area contributed by atoms with Crippen molar-refractivity contribution in [2.45, 2.75) is 39.2 Å². The number of nitrogens with zero attached hydrogens (tertiary/aromatic N) is 3. The normalized spacial score (nSPS) is 11.2. The monoisotopic (exact) mass is 280 g/mol. The summed E-state index contributed by atoms with van der Waals surface area (Å²) >= 11 is 0. The smallest absolute Gasteiger partial charge is 0.240 e. The Morgan fingerprint density at radius 2 is 2.05 bits per heavy atom. The maximum absolute atomic E-state index is 11.9. The zero-order chi connectivity index (χ0) is 15.3. The molecule has 6 heteroatoms. The number of carbonyl (C=O) groups excluding carboxylic acids is 2. The van der Waals surface area contributed by atoms with Crippen molar-refractivity contribution >= 4 is 11.8 Å². The van der Waals surface area contributed by atoms with Crippen LogP contribution in [0.1, 0.15) is 32.8 Å². The van der Waals surface area contributed by atoms with Crippen molar-refractivity contribution in [1.82, 2.24) is 20.0 Å². The predicted molar refractivity (Wildman–Crippen MR) is 77.1 cm³/mol. The lowest BCUT2D eigenvalue weighted by molar-refractivity contribution is -0.135. The summed E-state index contributed by atoms with van der Waals surface area (Å²) in [4.78, 5) is 25.1. The molecular formula is C14H24N4O2. The minimum Gasteiger partial charge on any atom is -0.350 e. The van der Waals surface area contributed by atoms with Crippen molar-refractivity contribution in [3.63, 3.8) is 0 Å². The van der Waals surface area contributed by atoms with Crippen LogP contribution in [0.15, 0.2) is 12.4 Å². The van der Waals surface area contributed by atoms with Gasteiger partial charge in [-0.2, -0.15) is 5.10 Å². The maximum atomic E-state index is 11.9. The van der Waals surface area contributed by atoms with E-state index in [2.05, 4.69) is 10.4 Å². The van der Waals surface area contributed by atoms with Crippen LogP contribution in [-0.2, 0) is 23.1 Å². The summed E-state index contributed by atoms with van der Waals surface area (Å²) in [5, 5.41) is 6.89. The van der Waals surface area contributed by atoms with Crippen molar-refractivity contribution in [2.75, 3.05) is 13.6 Å². The maximum Gasteiger partial charge on any atom is 0.240 e. The SMILES string of the molecule is CN(CC(=O)NC(C)(C)C)C(=O)CCc1cnn(C)c1. The van der Waals surface area contributed by atoms with Gasteiger partial charge < -0.3 is 10.2 Å². The third kappa shape index (κ3) is 5.86. The van der Waals surface area contributed by atoms with Crippen molar-refractivity contribution in [3.8, 4) is 0 Å². The van der Waals surface area contributed by atoms with Gasteiger partial charge in [0.15, 0.2) is 0 Å².